The highest BCUT2D eigenvalue weighted by Gasteiger charge is 2.13. The zero-order chi connectivity index (χ0) is 18.9. The first-order valence-corrected chi connectivity index (χ1v) is 9.81. The zero-order valence-corrected chi connectivity index (χ0v) is 16.4. The Morgan fingerprint density at radius 2 is 1.73 bits per heavy atom. The van der Waals surface area contributed by atoms with Crippen LogP contribution in [0.4, 0.5) is 5.69 Å². The summed E-state index contributed by atoms with van der Waals surface area (Å²) in [5, 5.41) is 5.75. The number of hydrogen-bond acceptors (Lipinski definition) is 3. The highest BCUT2D eigenvalue weighted by molar-refractivity contribution is 7.99. The van der Waals surface area contributed by atoms with E-state index in [1.807, 2.05) is 19.9 Å². The molecule has 0 aliphatic carbocycles. The maximum absolute atomic E-state index is 12.3. The van der Waals surface area contributed by atoms with Gasteiger partial charge in [0, 0.05) is 23.6 Å². The van der Waals surface area contributed by atoms with Crippen molar-refractivity contribution in [3.63, 3.8) is 0 Å². The number of amides is 2. The minimum absolute atomic E-state index is 0.0891. The number of carbonyl (C=O) groups excluding carboxylic acids is 2. The van der Waals surface area contributed by atoms with E-state index in [0.717, 1.165) is 4.90 Å². The van der Waals surface area contributed by atoms with E-state index < -0.39 is 0 Å². The second-order valence-corrected chi connectivity index (χ2v) is 7.78. The van der Waals surface area contributed by atoms with Gasteiger partial charge in [-0.15, -0.1) is 11.8 Å². The van der Waals surface area contributed by atoms with Crippen LogP contribution in [0.2, 0.25) is 0 Å². The molecule has 138 valence electrons. The van der Waals surface area contributed by atoms with Crippen LogP contribution in [-0.4, -0.2) is 24.1 Å². The molecule has 0 spiro atoms. The Bertz CT molecular complexity index is 742. The van der Waals surface area contributed by atoms with Crippen LogP contribution in [0, 0.1) is 12.8 Å². The summed E-state index contributed by atoms with van der Waals surface area (Å²) in [6.45, 7) is 6.74. The summed E-state index contributed by atoms with van der Waals surface area (Å²) in [7, 11) is 0. The van der Waals surface area contributed by atoms with Gasteiger partial charge < -0.3 is 10.6 Å². The molecule has 0 bridgehead atoms. The number of anilines is 1. The molecule has 2 aromatic carbocycles. The van der Waals surface area contributed by atoms with Crippen molar-refractivity contribution in [3.8, 4) is 0 Å². The summed E-state index contributed by atoms with van der Waals surface area (Å²) in [6, 6.07) is 15.4. The third kappa shape index (κ3) is 6.56. The van der Waals surface area contributed by atoms with Crippen LogP contribution in [-0.2, 0) is 4.79 Å². The third-order valence-electron chi connectivity index (χ3n) is 3.74. The van der Waals surface area contributed by atoms with E-state index in [1.165, 1.54) is 5.56 Å². The van der Waals surface area contributed by atoms with Crippen LogP contribution in [0.15, 0.2) is 53.4 Å². The quantitative estimate of drug-likeness (QED) is 0.673. The Kier molecular flexibility index (Phi) is 7.73. The lowest BCUT2D eigenvalue weighted by molar-refractivity contribution is -0.115. The summed E-state index contributed by atoms with van der Waals surface area (Å²) in [5.74, 6) is 0.813. The van der Waals surface area contributed by atoms with Crippen molar-refractivity contribution in [2.24, 2.45) is 5.92 Å². The summed E-state index contributed by atoms with van der Waals surface area (Å²) >= 11 is 1.65. The molecule has 0 saturated heterocycles. The highest BCUT2D eigenvalue weighted by Crippen LogP contribution is 2.20. The molecule has 0 aromatic heterocycles. The largest absolute Gasteiger partial charge is 0.352 e. The zero-order valence-electron chi connectivity index (χ0n) is 15.5. The number of carbonyl (C=O) groups is 2. The van der Waals surface area contributed by atoms with E-state index in [2.05, 4.69) is 41.8 Å². The van der Waals surface area contributed by atoms with Gasteiger partial charge in [-0.1, -0.05) is 43.7 Å². The molecule has 0 unspecified atom stereocenters. The second kappa shape index (κ2) is 10.0. The second-order valence-electron chi connectivity index (χ2n) is 6.61. The first kappa shape index (κ1) is 20.0. The summed E-state index contributed by atoms with van der Waals surface area (Å²) in [5.41, 5.74) is 2.27. The van der Waals surface area contributed by atoms with Crippen LogP contribution in [0.5, 0.6) is 0 Å². The van der Waals surface area contributed by atoms with Crippen molar-refractivity contribution >= 4 is 29.3 Å². The third-order valence-corrected chi connectivity index (χ3v) is 4.75. The number of aryl methyl sites for hydroxylation is 1. The van der Waals surface area contributed by atoms with E-state index in [9.17, 15) is 9.59 Å². The maximum Gasteiger partial charge on any atom is 0.253 e. The van der Waals surface area contributed by atoms with Gasteiger partial charge in [0.05, 0.1) is 11.3 Å². The van der Waals surface area contributed by atoms with Crippen molar-refractivity contribution in [1.29, 1.82) is 0 Å². The topological polar surface area (TPSA) is 58.2 Å². The minimum Gasteiger partial charge on any atom is -0.352 e. The molecule has 4 nitrogen and oxygen atoms in total. The van der Waals surface area contributed by atoms with Crippen molar-refractivity contribution in [2.75, 3.05) is 17.6 Å². The van der Waals surface area contributed by atoms with Crippen molar-refractivity contribution in [1.82, 2.24) is 5.32 Å². The van der Waals surface area contributed by atoms with Crippen LogP contribution in [0.3, 0.4) is 0 Å². The van der Waals surface area contributed by atoms with E-state index in [4.69, 9.17) is 0 Å². The summed E-state index contributed by atoms with van der Waals surface area (Å²) in [4.78, 5) is 25.7. The van der Waals surface area contributed by atoms with Gasteiger partial charge in [-0.3, -0.25) is 9.59 Å². The van der Waals surface area contributed by atoms with Gasteiger partial charge in [-0.2, -0.15) is 0 Å². The fourth-order valence-electron chi connectivity index (χ4n) is 2.29. The molecule has 26 heavy (non-hydrogen) atoms. The molecule has 2 amide bonds. The number of benzene rings is 2. The molecule has 0 radical (unpaired) electrons. The first-order chi connectivity index (χ1) is 12.5. The molecule has 0 aliphatic rings. The van der Waals surface area contributed by atoms with Gasteiger partial charge in [-0.25, -0.2) is 0 Å². The van der Waals surface area contributed by atoms with Crippen molar-refractivity contribution in [2.45, 2.75) is 32.1 Å². The van der Waals surface area contributed by atoms with Crippen LogP contribution in [0.1, 0.15) is 36.2 Å². The van der Waals surface area contributed by atoms with Crippen molar-refractivity contribution < 1.29 is 9.59 Å². The number of para-hydroxylation sites is 1. The molecular weight excluding hydrogens is 344 g/mol. The summed E-state index contributed by atoms with van der Waals surface area (Å²) in [6.07, 6.45) is 0.389. The van der Waals surface area contributed by atoms with E-state index in [-0.39, 0.29) is 11.8 Å². The Morgan fingerprint density at radius 1 is 1.04 bits per heavy atom. The average molecular weight is 371 g/mol. The van der Waals surface area contributed by atoms with Gasteiger partial charge in [-0.05, 0) is 37.1 Å². The maximum atomic E-state index is 12.3. The SMILES string of the molecule is Cc1ccc(SCCC(=O)Nc2ccccc2C(=O)NCC(C)C)cc1. The van der Waals surface area contributed by atoms with E-state index in [0.29, 0.717) is 35.9 Å². The number of hydrogen-bond donors (Lipinski definition) is 2. The summed E-state index contributed by atoms with van der Waals surface area (Å²) < 4.78 is 0. The van der Waals surface area contributed by atoms with Gasteiger partial charge in [0.25, 0.3) is 5.91 Å². The molecule has 0 atom stereocenters. The Labute approximate surface area is 159 Å². The standard InChI is InChI=1S/C21H26N2O2S/c1-15(2)14-22-21(25)18-6-4-5-7-19(18)23-20(24)12-13-26-17-10-8-16(3)9-11-17/h4-11,15H,12-14H2,1-3H3,(H,22,25)(H,23,24). The molecule has 0 heterocycles. The number of thioether (sulfide) groups is 1. The van der Waals surface area contributed by atoms with Crippen molar-refractivity contribution in [3.05, 3.63) is 59.7 Å². The molecule has 0 fully saturated rings. The molecule has 2 N–H and O–H groups in total. The van der Waals surface area contributed by atoms with Gasteiger partial charge in [0.2, 0.25) is 5.91 Å². The lowest BCUT2D eigenvalue weighted by Gasteiger charge is -2.12. The average Bonchev–Trinajstić information content (AvgIpc) is 2.62. The van der Waals surface area contributed by atoms with Gasteiger partial charge in [0.1, 0.15) is 0 Å². The fourth-order valence-corrected chi connectivity index (χ4v) is 3.14. The molecular formula is C21H26N2O2S. The number of rotatable bonds is 8. The Balaban J connectivity index is 1.88. The lowest BCUT2D eigenvalue weighted by atomic mass is 10.1. The Hall–Kier alpha value is -2.27. The normalized spacial score (nSPS) is 10.6. The monoisotopic (exact) mass is 370 g/mol. The Morgan fingerprint density at radius 3 is 2.42 bits per heavy atom. The molecule has 2 rings (SSSR count). The molecule has 5 heteroatoms. The van der Waals surface area contributed by atoms with Crippen LogP contribution >= 0.6 is 11.8 Å². The molecule has 0 saturated carbocycles. The highest BCUT2D eigenvalue weighted by atomic mass is 32.2. The number of nitrogens with one attached hydrogen (secondary N) is 2. The predicted molar refractivity (Wildman–Crippen MR) is 109 cm³/mol. The van der Waals surface area contributed by atoms with Gasteiger partial charge >= 0.3 is 0 Å². The molecule has 2 aromatic rings. The predicted octanol–water partition coefficient (Wildman–Crippen LogP) is 4.50. The smallest absolute Gasteiger partial charge is 0.253 e. The lowest BCUT2D eigenvalue weighted by Crippen LogP contribution is -2.28. The van der Waals surface area contributed by atoms with Gasteiger partial charge in [0.15, 0.2) is 0 Å². The van der Waals surface area contributed by atoms with E-state index >= 15 is 0 Å². The minimum atomic E-state index is -0.163. The first-order valence-electron chi connectivity index (χ1n) is 8.82. The van der Waals surface area contributed by atoms with Crippen LogP contribution < -0.4 is 10.6 Å². The van der Waals surface area contributed by atoms with E-state index in [1.54, 1.807) is 30.0 Å². The van der Waals surface area contributed by atoms with Crippen LogP contribution in [0.25, 0.3) is 0 Å². The molecule has 0 aliphatic heterocycles. The fraction of sp³-hybridized carbons (Fsp3) is 0.333.